The number of hydrogen-bond donors (Lipinski definition) is 2. The molecule has 0 spiro atoms. The normalized spacial score (nSPS) is 14.7. The van der Waals surface area contributed by atoms with Crippen molar-refractivity contribution in [3.63, 3.8) is 0 Å². The summed E-state index contributed by atoms with van der Waals surface area (Å²) >= 11 is 6.56. The van der Waals surface area contributed by atoms with Crippen molar-refractivity contribution in [2.45, 2.75) is 13.0 Å². The van der Waals surface area contributed by atoms with Crippen molar-refractivity contribution in [1.29, 1.82) is 0 Å². The molecular formula is C24H18ClN7O3. The van der Waals surface area contributed by atoms with Gasteiger partial charge in [0.25, 0.3) is 11.6 Å². The van der Waals surface area contributed by atoms with Crippen LogP contribution >= 0.6 is 11.6 Å². The first-order chi connectivity index (χ1) is 16.9. The van der Waals surface area contributed by atoms with E-state index < -0.39 is 11.0 Å². The van der Waals surface area contributed by atoms with Gasteiger partial charge in [0.2, 0.25) is 5.95 Å². The maximum atomic E-state index is 13.5. The maximum absolute atomic E-state index is 13.5. The van der Waals surface area contributed by atoms with E-state index in [1.807, 2.05) is 18.2 Å². The summed E-state index contributed by atoms with van der Waals surface area (Å²) in [6.07, 6.45) is 3.18. The smallest absolute Gasteiger partial charge is 0.269 e. The Labute approximate surface area is 204 Å². The number of rotatable bonds is 5. The second kappa shape index (κ2) is 8.99. The minimum atomic E-state index is -0.670. The van der Waals surface area contributed by atoms with E-state index >= 15 is 0 Å². The molecule has 11 heteroatoms. The molecule has 1 aliphatic rings. The number of nitro groups is 1. The largest absolute Gasteiger partial charge is 0.328 e. The van der Waals surface area contributed by atoms with Gasteiger partial charge in [-0.1, -0.05) is 29.8 Å². The van der Waals surface area contributed by atoms with E-state index in [0.29, 0.717) is 44.9 Å². The molecule has 0 saturated carbocycles. The average Bonchev–Trinajstić information content (AvgIpc) is 3.28. The number of fused-ring (bicyclic) bond motifs is 1. The highest BCUT2D eigenvalue weighted by atomic mass is 35.5. The number of allylic oxidation sites excluding steroid dienone is 1. The van der Waals surface area contributed by atoms with Crippen molar-refractivity contribution >= 4 is 34.8 Å². The number of non-ortho nitro benzene ring substituents is 1. The summed E-state index contributed by atoms with van der Waals surface area (Å²) in [4.78, 5) is 32.6. The highest BCUT2D eigenvalue weighted by molar-refractivity contribution is 6.31. The highest BCUT2D eigenvalue weighted by Crippen LogP contribution is 2.39. The molecule has 10 nitrogen and oxygen atoms in total. The van der Waals surface area contributed by atoms with Crippen LogP contribution in [0, 0.1) is 10.1 Å². The monoisotopic (exact) mass is 487 g/mol. The van der Waals surface area contributed by atoms with Gasteiger partial charge in [-0.05, 0) is 37.3 Å². The summed E-state index contributed by atoms with van der Waals surface area (Å²) in [6.45, 7) is 1.78. The van der Waals surface area contributed by atoms with Crippen LogP contribution in [0.4, 0.5) is 17.3 Å². The molecule has 2 aromatic carbocycles. The molecule has 35 heavy (non-hydrogen) atoms. The first-order valence-electron chi connectivity index (χ1n) is 10.6. The minimum Gasteiger partial charge on any atom is -0.328 e. The van der Waals surface area contributed by atoms with Gasteiger partial charge >= 0.3 is 0 Å². The number of aromatic nitrogens is 4. The van der Waals surface area contributed by atoms with Gasteiger partial charge in [0.15, 0.2) is 5.82 Å². The topological polar surface area (TPSA) is 128 Å². The van der Waals surface area contributed by atoms with Crippen molar-refractivity contribution in [2.75, 3.05) is 10.6 Å². The van der Waals surface area contributed by atoms with E-state index in [-0.39, 0.29) is 11.6 Å². The molecule has 3 heterocycles. The van der Waals surface area contributed by atoms with Crippen LogP contribution in [0.5, 0.6) is 0 Å². The second-order valence-corrected chi connectivity index (χ2v) is 8.20. The fourth-order valence-corrected chi connectivity index (χ4v) is 4.16. The third kappa shape index (κ3) is 4.22. The number of benzene rings is 2. The molecule has 0 fully saturated rings. The summed E-state index contributed by atoms with van der Waals surface area (Å²) in [5.74, 6) is 0.422. The molecule has 1 aliphatic heterocycles. The molecule has 174 valence electrons. The minimum absolute atomic E-state index is 0.0309. The van der Waals surface area contributed by atoms with Crippen molar-refractivity contribution in [3.8, 4) is 11.4 Å². The van der Waals surface area contributed by atoms with Crippen LogP contribution in [0.15, 0.2) is 84.3 Å². The van der Waals surface area contributed by atoms with Crippen LogP contribution in [-0.4, -0.2) is 30.6 Å². The average molecular weight is 488 g/mol. The predicted octanol–water partition coefficient (Wildman–Crippen LogP) is 4.83. The number of halogens is 1. The summed E-state index contributed by atoms with van der Waals surface area (Å²) in [6, 6.07) is 16.0. The lowest BCUT2D eigenvalue weighted by molar-refractivity contribution is -0.384. The standard InChI is InChI=1S/C24H18ClN7O3/c1-14-20(23(33)28-16-5-4-12-26-13-16)21(18-6-2-3-7-19(18)25)31-24(27-14)29-22(30-31)15-8-10-17(11-9-15)32(34)35/h2-13,21H,1H3,(H,28,33)(H,27,29,30). The molecule has 1 atom stereocenters. The van der Waals surface area contributed by atoms with Crippen molar-refractivity contribution in [1.82, 2.24) is 19.7 Å². The molecule has 5 rings (SSSR count). The van der Waals surface area contributed by atoms with Crippen molar-refractivity contribution < 1.29 is 9.72 Å². The number of pyridine rings is 1. The summed E-state index contributed by atoms with van der Waals surface area (Å²) in [5.41, 5.74) is 2.79. The lowest BCUT2D eigenvalue weighted by atomic mass is 9.95. The first kappa shape index (κ1) is 22.2. The molecule has 2 N–H and O–H groups in total. The van der Waals surface area contributed by atoms with Gasteiger partial charge in [0.1, 0.15) is 6.04 Å². The van der Waals surface area contributed by atoms with Crippen LogP contribution in [0.1, 0.15) is 18.5 Å². The number of carbonyl (C=O) groups excluding carboxylic acids is 1. The van der Waals surface area contributed by atoms with Crippen LogP contribution < -0.4 is 10.6 Å². The molecular weight excluding hydrogens is 470 g/mol. The van der Waals surface area contributed by atoms with Crippen molar-refractivity contribution in [2.24, 2.45) is 0 Å². The number of nitro benzene ring substituents is 1. The van der Waals surface area contributed by atoms with E-state index in [1.54, 1.807) is 54.3 Å². The molecule has 2 aromatic heterocycles. The fraction of sp³-hybridized carbons (Fsp3) is 0.0833. The number of hydrogen-bond acceptors (Lipinski definition) is 7. The molecule has 0 saturated heterocycles. The fourth-order valence-electron chi connectivity index (χ4n) is 3.92. The van der Waals surface area contributed by atoms with Gasteiger partial charge < -0.3 is 10.6 Å². The van der Waals surface area contributed by atoms with Gasteiger partial charge in [-0.3, -0.25) is 19.9 Å². The van der Waals surface area contributed by atoms with Crippen LogP contribution in [0.2, 0.25) is 5.02 Å². The third-order valence-corrected chi connectivity index (χ3v) is 5.90. The zero-order valence-electron chi connectivity index (χ0n) is 18.3. The first-order valence-corrected chi connectivity index (χ1v) is 10.9. The van der Waals surface area contributed by atoms with Crippen molar-refractivity contribution in [3.05, 3.63) is 105 Å². The highest BCUT2D eigenvalue weighted by Gasteiger charge is 2.35. The van der Waals surface area contributed by atoms with E-state index in [1.165, 1.54) is 12.1 Å². The van der Waals surface area contributed by atoms with E-state index in [2.05, 4.69) is 25.7 Å². The Hall–Kier alpha value is -4.57. The number of amides is 1. The third-order valence-electron chi connectivity index (χ3n) is 5.55. The van der Waals surface area contributed by atoms with E-state index in [4.69, 9.17) is 11.6 Å². The van der Waals surface area contributed by atoms with Crippen LogP contribution in [0.3, 0.4) is 0 Å². The lowest BCUT2D eigenvalue weighted by Crippen LogP contribution is -2.31. The van der Waals surface area contributed by atoms with Gasteiger partial charge in [-0.2, -0.15) is 4.98 Å². The maximum Gasteiger partial charge on any atom is 0.269 e. The SMILES string of the molecule is CC1=C(C(=O)Nc2cccnc2)C(c2ccccc2Cl)n2nc(-c3ccc([N+](=O)[O-])cc3)nc2N1. The van der Waals surface area contributed by atoms with Gasteiger partial charge in [0.05, 0.1) is 22.4 Å². The summed E-state index contributed by atoms with van der Waals surface area (Å²) < 4.78 is 1.60. The zero-order chi connectivity index (χ0) is 24.5. The van der Waals surface area contributed by atoms with E-state index in [9.17, 15) is 14.9 Å². The van der Waals surface area contributed by atoms with Gasteiger partial charge in [-0.15, -0.1) is 5.10 Å². The Bertz CT molecular complexity index is 1470. The summed E-state index contributed by atoms with van der Waals surface area (Å²) in [7, 11) is 0. The second-order valence-electron chi connectivity index (χ2n) is 7.79. The predicted molar refractivity (Wildman–Crippen MR) is 131 cm³/mol. The Kier molecular flexibility index (Phi) is 5.71. The molecule has 0 radical (unpaired) electrons. The Morgan fingerprint density at radius 1 is 1.14 bits per heavy atom. The number of carbonyl (C=O) groups is 1. The molecule has 0 bridgehead atoms. The summed E-state index contributed by atoms with van der Waals surface area (Å²) in [5, 5.41) is 22.2. The quantitative estimate of drug-likeness (QED) is 0.305. The van der Waals surface area contributed by atoms with Crippen LogP contribution in [0.25, 0.3) is 11.4 Å². The number of anilines is 2. The van der Waals surface area contributed by atoms with Crippen LogP contribution in [-0.2, 0) is 4.79 Å². The Morgan fingerprint density at radius 2 is 1.91 bits per heavy atom. The lowest BCUT2D eigenvalue weighted by Gasteiger charge is -2.29. The number of nitrogens with zero attached hydrogens (tertiary/aromatic N) is 5. The Balaban J connectivity index is 1.60. The Morgan fingerprint density at radius 3 is 2.60 bits per heavy atom. The van der Waals surface area contributed by atoms with Gasteiger partial charge in [-0.25, -0.2) is 4.68 Å². The molecule has 1 unspecified atom stereocenters. The number of nitrogens with one attached hydrogen (secondary N) is 2. The zero-order valence-corrected chi connectivity index (χ0v) is 19.1. The molecule has 0 aliphatic carbocycles. The van der Waals surface area contributed by atoms with Gasteiger partial charge in [0, 0.05) is 40.2 Å². The molecule has 1 amide bonds. The molecule has 4 aromatic rings. The van der Waals surface area contributed by atoms with E-state index in [0.717, 1.165) is 0 Å².